The van der Waals surface area contributed by atoms with E-state index < -0.39 is 0 Å². The lowest BCUT2D eigenvalue weighted by Crippen LogP contribution is -2.20. The molecule has 0 fully saturated rings. The van der Waals surface area contributed by atoms with Crippen molar-refractivity contribution in [2.75, 3.05) is 13.7 Å². The van der Waals surface area contributed by atoms with Crippen LogP contribution in [-0.4, -0.2) is 23.7 Å². The second kappa shape index (κ2) is 4.54. The zero-order valence-corrected chi connectivity index (χ0v) is 8.37. The fourth-order valence-corrected chi connectivity index (χ4v) is 1.16. The van der Waals surface area contributed by atoms with Crippen LogP contribution in [0, 0.1) is 0 Å². The molecule has 0 aliphatic rings. The number of aliphatic hydroxyl groups is 1. The highest BCUT2D eigenvalue weighted by molar-refractivity contribution is 9.10. The molecule has 1 unspecified atom stereocenters. The van der Waals surface area contributed by atoms with Crippen molar-refractivity contribution in [2.24, 2.45) is 0 Å². The summed E-state index contributed by atoms with van der Waals surface area (Å²) in [6.45, 7) is 0.0606. The molecule has 4 heteroatoms. The first-order valence-electron chi connectivity index (χ1n) is 3.67. The Labute approximate surface area is 80.0 Å². The Hall–Kier alpha value is -0.450. The van der Waals surface area contributed by atoms with Gasteiger partial charge in [0.2, 0.25) is 0 Å². The van der Waals surface area contributed by atoms with Crippen LogP contribution in [0.3, 0.4) is 0 Å². The maximum absolute atomic E-state index is 8.93. The summed E-state index contributed by atoms with van der Waals surface area (Å²) < 4.78 is 0.944. The van der Waals surface area contributed by atoms with Crippen LogP contribution in [0.25, 0.3) is 0 Å². The summed E-state index contributed by atoms with van der Waals surface area (Å²) in [5.74, 6) is 0. The Balaban J connectivity index is 2.80. The fourth-order valence-electron chi connectivity index (χ4n) is 0.926. The third kappa shape index (κ3) is 2.27. The van der Waals surface area contributed by atoms with Gasteiger partial charge in [0.25, 0.3) is 0 Å². The van der Waals surface area contributed by atoms with Gasteiger partial charge in [0.1, 0.15) is 0 Å². The van der Waals surface area contributed by atoms with Crippen LogP contribution in [0.1, 0.15) is 11.7 Å². The van der Waals surface area contributed by atoms with E-state index in [1.165, 1.54) is 0 Å². The number of aliphatic hydroxyl groups excluding tert-OH is 1. The first-order chi connectivity index (χ1) is 5.77. The van der Waals surface area contributed by atoms with Crippen LogP contribution in [0.5, 0.6) is 0 Å². The van der Waals surface area contributed by atoms with E-state index in [0.717, 1.165) is 10.2 Å². The quantitative estimate of drug-likeness (QED) is 0.818. The lowest BCUT2D eigenvalue weighted by Gasteiger charge is -2.11. The van der Waals surface area contributed by atoms with E-state index in [9.17, 15) is 0 Å². The topological polar surface area (TPSA) is 45.1 Å². The first-order valence-corrected chi connectivity index (χ1v) is 4.46. The van der Waals surface area contributed by atoms with E-state index in [0.29, 0.717) is 0 Å². The number of rotatable bonds is 3. The van der Waals surface area contributed by atoms with E-state index in [-0.39, 0.29) is 12.6 Å². The van der Waals surface area contributed by atoms with Gasteiger partial charge in [0.15, 0.2) is 0 Å². The number of nitrogens with one attached hydrogen (secondary N) is 1. The first kappa shape index (κ1) is 9.64. The normalized spacial score (nSPS) is 12.9. The lowest BCUT2D eigenvalue weighted by molar-refractivity contribution is 0.248. The Morgan fingerprint density at radius 1 is 1.67 bits per heavy atom. The maximum atomic E-state index is 8.93. The molecule has 0 amide bonds. The van der Waals surface area contributed by atoms with Gasteiger partial charge in [0.05, 0.1) is 18.3 Å². The summed E-state index contributed by atoms with van der Waals surface area (Å²) in [5, 5.41) is 11.9. The Kier molecular flexibility index (Phi) is 3.65. The molecule has 1 aromatic heterocycles. The predicted octanol–water partition coefficient (Wildman–Crippen LogP) is 1.10. The number of likely N-dealkylation sites (N-methyl/N-ethyl adjacent to an activating group) is 1. The standard InChI is InChI=1S/C8H11BrN2O/c1-10-8(5-12)7-3-2-6(9)4-11-7/h2-4,8,10,12H,5H2,1H3. The number of hydrogen-bond donors (Lipinski definition) is 2. The third-order valence-electron chi connectivity index (χ3n) is 1.64. The zero-order valence-electron chi connectivity index (χ0n) is 6.79. The molecule has 0 saturated heterocycles. The number of halogens is 1. The third-order valence-corrected chi connectivity index (χ3v) is 2.11. The molecule has 0 aliphatic carbocycles. The molecular formula is C8H11BrN2O. The Bertz CT molecular complexity index is 233. The van der Waals surface area contributed by atoms with Crippen LogP contribution < -0.4 is 5.32 Å². The van der Waals surface area contributed by atoms with Crippen molar-refractivity contribution in [3.63, 3.8) is 0 Å². The van der Waals surface area contributed by atoms with Crippen LogP contribution in [0.4, 0.5) is 0 Å². The number of nitrogens with zero attached hydrogens (tertiary/aromatic N) is 1. The monoisotopic (exact) mass is 230 g/mol. The highest BCUT2D eigenvalue weighted by atomic mass is 79.9. The summed E-state index contributed by atoms with van der Waals surface area (Å²) >= 11 is 3.29. The molecule has 3 nitrogen and oxygen atoms in total. The SMILES string of the molecule is CNC(CO)c1ccc(Br)cn1. The molecule has 0 aliphatic heterocycles. The molecular weight excluding hydrogens is 220 g/mol. The zero-order chi connectivity index (χ0) is 8.97. The van der Waals surface area contributed by atoms with E-state index in [1.54, 1.807) is 13.2 Å². The minimum absolute atomic E-state index is 0.0606. The van der Waals surface area contributed by atoms with Gasteiger partial charge in [0, 0.05) is 10.7 Å². The second-order valence-corrected chi connectivity index (χ2v) is 3.34. The van der Waals surface area contributed by atoms with Crippen molar-refractivity contribution >= 4 is 15.9 Å². The average Bonchev–Trinajstić information content (AvgIpc) is 2.10. The van der Waals surface area contributed by atoms with Crippen LogP contribution in [0.15, 0.2) is 22.8 Å². The predicted molar refractivity (Wildman–Crippen MR) is 50.8 cm³/mol. The molecule has 1 aromatic rings. The van der Waals surface area contributed by atoms with Crippen molar-refractivity contribution in [2.45, 2.75) is 6.04 Å². The Morgan fingerprint density at radius 3 is 2.83 bits per heavy atom. The number of aromatic nitrogens is 1. The van der Waals surface area contributed by atoms with E-state index >= 15 is 0 Å². The van der Waals surface area contributed by atoms with Gasteiger partial charge in [-0.2, -0.15) is 0 Å². The van der Waals surface area contributed by atoms with Crippen LogP contribution >= 0.6 is 15.9 Å². The lowest BCUT2D eigenvalue weighted by atomic mass is 10.2. The molecule has 1 rings (SSSR count). The van der Waals surface area contributed by atoms with Crippen molar-refractivity contribution in [3.05, 3.63) is 28.5 Å². The molecule has 12 heavy (non-hydrogen) atoms. The highest BCUT2D eigenvalue weighted by Gasteiger charge is 2.07. The molecule has 1 heterocycles. The summed E-state index contributed by atoms with van der Waals surface area (Å²) in [7, 11) is 1.80. The molecule has 1 atom stereocenters. The van der Waals surface area contributed by atoms with Crippen LogP contribution in [-0.2, 0) is 0 Å². The second-order valence-electron chi connectivity index (χ2n) is 2.43. The largest absolute Gasteiger partial charge is 0.394 e. The van der Waals surface area contributed by atoms with Gasteiger partial charge in [-0.25, -0.2) is 0 Å². The molecule has 0 bridgehead atoms. The maximum Gasteiger partial charge on any atom is 0.0727 e. The van der Waals surface area contributed by atoms with Crippen molar-refractivity contribution in [3.8, 4) is 0 Å². The van der Waals surface area contributed by atoms with Gasteiger partial charge >= 0.3 is 0 Å². The number of pyridine rings is 1. The highest BCUT2D eigenvalue weighted by Crippen LogP contribution is 2.12. The van der Waals surface area contributed by atoms with E-state index in [4.69, 9.17) is 5.11 Å². The summed E-state index contributed by atoms with van der Waals surface area (Å²) in [6, 6.07) is 3.71. The summed E-state index contributed by atoms with van der Waals surface area (Å²) in [6.07, 6.45) is 1.72. The van der Waals surface area contributed by atoms with E-state index in [1.807, 2.05) is 12.1 Å². The van der Waals surface area contributed by atoms with Gasteiger partial charge in [-0.3, -0.25) is 4.98 Å². The molecule has 0 saturated carbocycles. The van der Waals surface area contributed by atoms with Crippen molar-refractivity contribution < 1.29 is 5.11 Å². The van der Waals surface area contributed by atoms with Gasteiger partial charge in [-0.1, -0.05) is 0 Å². The van der Waals surface area contributed by atoms with Gasteiger partial charge in [-0.15, -0.1) is 0 Å². The molecule has 2 N–H and O–H groups in total. The average molecular weight is 231 g/mol. The fraction of sp³-hybridized carbons (Fsp3) is 0.375. The van der Waals surface area contributed by atoms with Gasteiger partial charge in [-0.05, 0) is 35.1 Å². The smallest absolute Gasteiger partial charge is 0.0727 e. The van der Waals surface area contributed by atoms with E-state index in [2.05, 4.69) is 26.2 Å². The molecule has 0 spiro atoms. The molecule has 66 valence electrons. The molecule has 0 aromatic carbocycles. The minimum Gasteiger partial charge on any atom is -0.394 e. The Morgan fingerprint density at radius 2 is 2.42 bits per heavy atom. The van der Waals surface area contributed by atoms with Gasteiger partial charge < -0.3 is 10.4 Å². The number of hydrogen-bond acceptors (Lipinski definition) is 3. The summed E-state index contributed by atoms with van der Waals surface area (Å²) in [5.41, 5.74) is 0.850. The minimum atomic E-state index is -0.0712. The van der Waals surface area contributed by atoms with Crippen molar-refractivity contribution in [1.82, 2.24) is 10.3 Å². The molecule has 0 radical (unpaired) electrons. The van der Waals surface area contributed by atoms with Crippen LogP contribution in [0.2, 0.25) is 0 Å². The summed E-state index contributed by atoms with van der Waals surface area (Å²) in [4.78, 5) is 4.15. The van der Waals surface area contributed by atoms with Crippen molar-refractivity contribution in [1.29, 1.82) is 0 Å².